The largest absolute Gasteiger partial charge is 0.447 e. The second-order valence-electron chi connectivity index (χ2n) is 4.29. The predicted octanol–water partition coefficient (Wildman–Crippen LogP) is 1.32. The van der Waals surface area contributed by atoms with Gasteiger partial charge in [-0.15, -0.1) is 0 Å². The van der Waals surface area contributed by atoms with E-state index in [2.05, 4.69) is 10.3 Å². The summed E-state index contributed by atoms with van der Waals surface area (Å²) in [7, 11) is 0. The summed E-state index contributed by atoms with van der Waals surface area (Å²) in [5, 5.41) is 12.8. The highest BCUT2D eigenvalue weighted by Gasteiger charge is 2.19. The quantitative estimate of drug-likeness (QED) is 0.786. The van der Waals surface area contributed by atoms with E-state index in [-0.39, 0.29) is 6.10 Å². The van der Waals surface area contributed by atoms with Crippen LogP contribution in [0.1, 0.15) is 31.4 Å². The lowest BCUT2D eigenvalue weighted by Crippen LogP contribution is -2.28. The third kappa shape index (κ3) is 3.32. The second-order valence-corrected chi connectivity index (χ2v) is 4.29. The van der Waals surface area contributed by atoms with Crippen molar-refractivity contribution < 1.29 is 9.52 Å². The molecule has 2 atom stereocenters. The zero-order valence-electron chi connectivity index (χ0n) is 8.85. The smallest absolute Gasteiger partial charge is 0.180 e. The van der Waals surface area contributed by atoms with Gasteiger partial charge in [0.15, 0.2) is 6.39 Å². The molecule has 1 aromatic rings. The summed E-state index contributed by atoms with van der Waals surface area (Å²) in [4.78, 5) is 3.85. The molecular weight excluding hydrogens is 192 g/mol. The van der Waals surface area contributed by atoms with Crippen molar-refractivity contribution >= 4 is 0 Å². The van der Waals surface area contributed by atoms with Crippen molar-refractivity contribution in [3.63, 3.8) is 0 Å². The Bertz CT molecular complexity index is 274. The first kappa shape index (κ1) is 10.6. The molecule has 84 valence electrons. The van der Waals surface area contributed by atoms with E-state index in [0.717, 1.165) is 38.1 Å². The number of aliphatic hydroxyl groups is 1. The minimum atomic E-state index is -0.0872. The Morgan fingerprint density at radius 3 is 3.20 bits per heavy atom. The Labute approximate surface area is 89.7 Å². The van der Waals surface area contributed by atoms with Crippen LogP contribution in [0.15, 0.2) is 17.0 Å². The van der Waals surface area contributed by atoms with Gasteiger partial charge >= 0.3 is 0 Å². The summed E-state index contributed by atoms with van der Waals surface area (Å²) in [6.07, 6.45) is 7.36. The number of hydrogen-bond donors (Lipinski definition) is 2. The van der Waals surface area contributed by atoms with Crippen LogP contribution < -0.4 is 5.32 Å². The number of oxazole rings is 1. The lowest BCUT2D eigenvalue weighted by atomic mass is 9.87. The highest BCUT2D eigenvalue weighted by Crippen LogP contribution is 2.23. The monoisotopic (exact) mass is 210 g/mol. The summed E-state index contributed by atoms with van der Waals surface area (Å²) >= 11 is 0. The molecule has 15 heavy (non-hydrogen) atoms. The van der Waals surface area contributed by atoms with E-state index in [1.807, 2.05) is 0 Å². The van der Waals surface area contributed by atoms with E-state index in [9.17, 15) is 5.11 Å². The van der Waals surface area contributed by atoms with Crippen molar-refractivity contribution in [2.24, 2.45) is 5.92 Å². The molecule has 0 bridgehead atoms. The molecule has 0 aromatic carbocycles. The Morgan fingerprint density at radius 2 is 2.47 bits per heavy atom. The molecule has 0 spiro atoms. The molecule has 2 unspecified atom stereocenters. The number of aromatic nitrogens is 1. The lowest BCUT2D eigenvalue weighted by Gasteiger charge is -2.25. The van der Waals surface area contributed by atoms with Crippen LogP contribution in [0, 0.1) is 5.92 Å². The fourth-order valence-corrected chi connectivity index (χ4v) is 2.18. The minimum absolute atomic E-state index is 0.0872. The highest BCUT2D eigenvalue weighted by molar-refractivity contribution is 4.87. The van der Waals surface area contributed by atoms with Gasteiger partial charge in [0.25, 0.3) is 0 Å². The zero-order valence-corrected chi connectivity index (χ0v) is 8.85. The van der Waals surface area contributed by atoms with Crippen molar-refractivity contribution in [3.05, 3.63) is 18.4 Å². The van der Waals surface area contributed by atoms with Crippen LogP contribution >= 0.6 is 0 Å². The minimum Gasteiger partial charge on any atom is -0.447 e. The Hall–Kier alpha value is -0.870. The summed E-state index contributed by atoms with van der Waals surface area (Å²) in [6.45, 7) is 1.68. The van der Waals surface area contributed by atoms with Gasteiger partial charge < -0.3 is 14.8 Å². The number of rotatable bonds is 4. The molecule has 1 aliphatic carbocycles. The summed E-state index contributed by atoms with van der Waals surface area (Å²) < 4.78 is 5.12. The van der Waals surface area contributed by atoms with Crippen LogP contribution in [-0.4, -0.2) is 22.7 Å². The van der Waals surface area contributed by atoms with Crippen molar-refractivity contribution in [2.75, 3.05) is 6.54 Å². The van der Waals surface area contributed by atoms with Crippen molar-refractivity contribution in [1.29, 1.82) is 0 Å². The second kappa shape index (κ2) is 5.28. The van der Waals surface area contributed by atoms with Crippen molar-refractivity contribution in [1.82, 2.24) is 10.3 Å². The molecule has 2 rings (SSSR count). The molecule has 4 heteroatoms. The van der Waals surface area contributed by atoms with Gasteiger partial charge in [0, 0.05) is 0 Å². The number of aliphatic hydroxyl groups excluding tert-OH is 1. The van der Waals surface area contributed by atoms with Gasteiger partial charge in [-0.1, -0.05) is 6.42 Å². The maximum absolute atomic E-state index is 9.51. The van der Waals surface area contributed by atoms with Gasteiger partial charge in [0.05, 0.1) is 18.8 Å². The van der Waals surface area contributed by atoms with E-state index in [1.54, 1.807) is 6.20 Å². The van der Waals surface area contributed by atoms with Crippen molar-refractivity contribution in [2.45, 2.75) is 38.3 Å². The fourth-order valence-electron chi connectivity index (χ4n) is 2.18. The fraction of sp³-hybridized carbons (Fsp3) is 0.727. The van der Waals surface area contributed by atoms with Crippen LogP contribution in [0.2, 0.25) is 0 Å². The lowest BCUT2D eigenvalue weighted by molar-refractivity contribution is 0.100. The molecule has 1 saturated carbocycles. The molecule has 4 nitrogen and oxygen atoms in total. The molecule has 0 aliphatic heterocycles. The first-order valence-corrected chi connectivity index (χ1v) is 5.60. The van der Waals surface area contributed by atoms with Gasteiger partial charge in [-0.3, -0.25) is 0 Å². The molecule has 0 amide bonds. The summed E-state index contributed by atoms with van der Waals surface area (Å²) in [5.74, 6) is 1.48. The highest BCUT2D eigenvalue weighted by atomic mass is 16.3. The molecule has 1 heterocycles. The molecule has 1 aromatic heterocycles. The van der Waals surface area contributed by atoms with E-state index in [1.165, 1.54) is 12.8 Å². The predicted molar refractivity (Wildman–Crippen MR) is 56.2 cm³/mol. The van der Waals surface area contributed by atoms with E-state index < -0.39 is 0 Å². The van der Waals surface area contributed by atoms with Crippen LogP contribution in [0.5, 0.6) is 0 Å². The molecule has 1 fully saturated rings. The standard InChI is InChI=1S/C11H18N2O2/c14-10-3-1-2-9(4-10)5-12-6-11-7-13-8-15-11/h7-10,12,14H,1-6H2. The zero-order chi connectivity index (χ0) is 10.5. The maximum Gasteiger partial charge on any atom is 0.180 e. The van der Waals surface area contributed by atoms with Gasteiger partial charge in [-0.25, -0.2) is 4.98 Å². The number of nitrogens with one attached hydrogen (secondary N) is 1. The van der Waals surface area contributed by atoms with Crippen LogP contribution in [0.3, 0.4) is 0 Å². The summed E-state index contributed by atoms with van der Waals surface area (Å²) in [6, 6.07) is 0. The molecule has 0 radical (unpaired) electrons. The van der Waals surface area contributed by atoms with Crippen LogP contribution in [0.4, 0.5) is 0 Å². The SMILES string of the molecule is OC1CCCC(CNCc2cnco2)C1. The van der Waals surface area contributed by atoms with E-state index in [4.69, 9.17) is 4.42 Å². The van der Waals surface area contributed by atoms with Gasteiger partial charge in [0.1, 0.15) is 5.76 Å². The van der Waals surface area contributed by atoms with E-state index in [0.29, 0.717) is 5.92 Å². The normalized spacial score (nSPS) is 26.7. The molecule has 2 N–H and O–H groups in total. The molecular formula is C11H18N2O2. The Balaban J connectivity index is 1.65. The van der Waals surface area contributed by atoms with Gasteiger partial charge in [-0.05, 0) is 31.7 Å². The molecule has 1 aliphatic rings. The first-order valence-electron chi connectivity index (χ1n) is 5.60. The maximum atomic E-state index is 9.51. The average Bonchev–Trinajstić information content (AvgIpc) is 2.71. The van der Waals surface area contributed by atoms with Crippen LogP contribution in [-0.2, 0) is 6.54 Å². The average molecular weight is 210 g/mol. The topological polar surface area (TPSA) is 58.3 Å². The Morgan fingerprint density at radius 1 is 1.53 bits per heavy atom. The van der Waals surface area contributed by atoms with Gasteiger partial charge in [-0.2, -0.15) is 0 Å². The number of nitrogens with zero attached hydrogens (tertiary/aromatic N) is 1. The third-order valence-electron chi connectivity index (χ3n) is 2.97. The van der Waals surface area contributed by atoms with E-state index >= 15 is 0 Å². The first-order chi connectivity index (χ1) is 7.34. The summed E-state index contributed by atoms with van der Waals surface area (Å²) in [5.41, 5.74) is 0. The molecule has 0 saturated heterocycles. The van der Waals surface area contributed by atoms with Gasteiger partial charge in [0.2, 0.25) is 0 Å². The number of hydrogen-bond acceptors (Lipinski definition) is 4. The third-order valence-corrected chi connectivity index (χ3v) is 2.97. The Kier molecular flexibility index (Phi) is 3.75. The van der Waals surface area contributed by atoms with Crippen LogP contribution in [0.25, 0.3) is 0 Å². The van der Waals surface area contributed by atoms with Crippen molar-refractivity contribution in [3.8, 4) is 0 Å².